The van der Waals surface area contributed by atoms with E-state index in [-0.39, 0.29) is 43.6 Å². The third kappa shape index (κ3) is 19.7. The van der Waals surface area contributed by atoms with Crippen molar-refractivity contribution in [2.75, 3.05) is 26.4 Å². The summed E-state index contributed by atoms with van der Waals surface area (Å²) in [6.07, 6.45) is 5.29. The standard InChI is InChI=1S/C16H33N3O10/c17-14(16(21)27-10-6-2-4-8-12-29-19(24)25)13-15(20)26-9-5-1-3-7-11-28-18(22)23/h14,22-25H,1-13,17H2. The molecule has 0 aromatic heterocycles. The summed E-state index contributed by atoms with van der Waals surface area (Å²) in [5.41, 5.74) is 5.63. The Hall–Kier alpha value is -1.42. The lowest BCUT2D eigenvalue weighted by atomic mass is 10.2. The normalized spacial score (nSPS) is 12.4. The van der Waals surface area contributed by atoms with Crippen LogP contribution in [0, 0.1) is 0 Å². The third-order valence-electron chi connectivity index (χ3n) is 3.69. The Labute approximate surface area is 169 Å². The highest BCUT2D eigenvalue weighted by atomic mass is 17.1. The topological polar surface area (TPSA) is 184 Å². The van der Waals surface area contributed by atoms with Gasteiger partial charge in [-0.2, -0.15) is 0 Å². The Bertz CT molecular complexity index is 426. The number of unbranched alkanes of at least 4 members (excludes halogenated alkanes) is 6. The zero-order valence-corrected chi connectivity index (χ0v) is 16.5. The van der Waals surface area contributed by atoms with E-state index in [9.17, 15) is 9.59 Å². The highest BCUT2D eigenvalue weighted by Gasteiger charge is 2.19. The molecule has 0 saturated heterocycles. The van der Waals surface area contributed by atoms with Gasteiger partial charge in [0.1, 0.15) is 6.04 Å². The highest BCUT2D eigenvalue weighted by molar-refractivity contribution is 5.82. The molecule has 172 valence electrons. The minimum absolute atomic E-state index is 0.167. The molecule has 0 radical (unpaired) electrons. The summed E-state index contributed by atoms with van der Waals surface area (Å²) < 4.78 is 10.0. The van der Waals surface area contributed by atoms with E-state index in [1.807, 2.05) is 0 Å². The number of carbonyl (C=O) groups is 2. The number of esters is 2. The molecule has 13 heteroatoms. The number of rotatable bonds is 19. The molecule has 6 N–H and O–H groups in total. The molecule has 0 aliphatic heterocycles. The molecule has 0 aromatic rings. The second-order valence-corrected chi connectivity index (χ2v) is 6.20. The SMILES string of the molecule is NC(CC(=O)OCCCCCCON(O)O)C(=O)OCCCCCCON(O)O. The van der Waals surface area contributed by atoms with Crippen LogP contribution in [-0.2, 0) is 28.7 Å². The lowest BCUT2D eigenvalue weighted by Crippen LogP contribution is -2.35. The minimum Gasteiger partial charge on any atom is -0.466 e. The first kappa shape index (κ1) is 27.6. The van der Waals surface area contributed by atoms with Crippen LogP contribution in [0.2, 0.25) is 0 Å². The lowest BCUT2D eigenvalue weighted by Gasteiger charge is -2.11. The van der Waals surface area contributed by atoms with Gasteiger partial charge in [-0.05, 0) is 38.5 Å². The molecule has 0 aromatic carbocycles. The van der Waals surface area contributed by atoms with Crippen molar-refractivity contribution >= 4 is 11.9 Å². The summed E-state index contributed by atoms with van der Waals surface area (Å²) in [4.78, 5) is 32.2. The van der Waals surface area contributed by atoms with Crippen LogP contribution in [0.5, 0.6) is 0 Å². The summed E-state index contributed by atoms with van der Waals surface area (Å²) in [7, 11) is 0. The number of nitrogens with zero attached hydrogens (tertiary/aromatic N) is 2. The van der Waals surface area contributed by atoms with E-state index in [0.717, 1.165) is 25.7 Å². The van der Waals surface area contributed by atoms with Crippen molar-refractivity contribution < 1.29 is 49.6 Å². The van der Waals surface area contributed by atoms with Crippen molar-refractivity contribution in [3.05, 3.63) is 0 Å². The number of hydrogen-bond donors (Lipinski definition) is 5. The van der Waals surface area contributed by atoms with E-state index in [1.165, 1.54) is 0 Å². The maximum absolute atomic E-state index is 11.7. The molecule has 1 atom stereocenters. The quantitative estimate of drug-likeness (QED) is 0.111. The van der Waals surface area contributed by atoms with Crippen LogP contribution < -0.4 is 5.73 Å². The van der Waals surface area contributed by atoms with Gasteiger partial charge in [-0.1, -0.05) is 12.8 Å². The summed E-state index contributed by atoms with van der Waals surface area (Å²) >= 11 is 0. The molecule has 0 spiro atoms. The smallest absolute Gasteiger partial charge is 0.323 e. The van der Waals surface area contributed by atoms with Gasteiger partial charge in [0.2, 0.25) is 0 Å². The maximum Gasteiger partial charge on any atom is 0.323 e. The second kappa shape index (κ2) is 18.6. The van der Waals surface area contributed by atoms with E-state index in [4.69, 9.17) is 36.0 Å². The van der Waals surface area contributed by atoms with Gasteiger partial charge in [0.15, 0.2) is 0 Å². The number of carbonyl (C=O) groups excluding carboxylic acids is 2. The van der Waals surface area contributed by atoms with Gasteiger partial charge < -0.3 is 15.2 Å². The molecule has 0 fully saturated rings. The summed E-state index contributed by atoms with van der Waals surface area (Å²) in [6.45, 7) is 0.731. The average molecular weight is 427 g/mol. The predicted octanol–water partition coefficient (Wildman–Crippen LogP) is 0.935. The second-order valence-electron chi connectivity index (χ2n) is 6.20. The first-order valence-corrected chi connectivity index (χ1v) is 9.52. The van der Waals surface area contributed by atoms with Gasteiger partial charge in [0.05, 0.1) is 43.6 Å². The van der Waals surface area contributed by atoms with Crippen molar-refractivity contribution in [2.24, 2.45) is 5.73 Å². The Kier molecular flexibility index (Phi) is 17.7. The van der Waals surface area contributed by atoms with Crippen molar-refractivity contribution in [3.63, 3.8) is 0 Å². The van der Waals surface area contributed by atoms with E-state index in [0.29, 0.717) is 25.7 Å². The molecule has 29 heavy (non-hydrogen) atoms. The summed E-state index contributed by atoms with van der Waals surface area (Å²) in [6, 6.07) is -1.08. The van der Waals surface area contributed by atoms with E-state index in [2.05, 4.69) is 9.68 Å². The molecule has 1 unspecified atom stereocenters. The Morgan fingerprint density at radius 1 is 0.690 bits per heavy atom. The predicted molar refractivity (Wildman–Crippen MR) is 94.2 cm³/mol. The van der Waals surface area contributed by atoms with Crippen molar-refractivity contribution in [1.29, 1.82) is 0 Å². The van der Waals surface area contributed by atoms with Crippen LogP contribution in [0.25, 0.3) is 0 Å². The van der Waals surface area contributed by atoms with Gasteiger partial charge in [-0.3, -0.25) is 40.1 Å². The maximum atomic E-state index is 11.7. The van der Waals surface area contributed by atoms with E-state index < -0.39 is 18.0 Å². The lowest BCUT2D eigenvalue weighted by molar-refractivity contribution is -0.492. The van der Waals surface area contributed by atoms with Crippen LogP contribution >= 0.6 is 0 Å². The van der Waals surface area contributed by atoms with Crippen LogP contribution in [0.3, 0.4) is 0 Å². The fraction of sp³-hybridized carbons (Fsp3) is 0.875. The molecule has 0 saturated carbocycles. The molecule has 0 rings (SSSR count). The molecular formula is C16H33N3O10. The fourth-order valence-electron chi connectivity index (χ4n) is 2.20. The largest absolute Gasteiger partial charge is 0.466 e. The minimum atomic E-state index is -1.08. The molecular weight excluding hydrogens is 394 g/mol. The highest BCUT2D eigenvalue weighted by Crippen LogP contribution is 2.04. The van der Waals surface area contributed by atoms with Crippen molar-refractivity contribution in [1.82, 2.24) is 10.8 Å². The van der Waals surface area contributed by atoms with Gasteiger partial charge in [-0.15, -0.1) is 0 Å². The van der Waals surface area contributed by atoms with Crippen LogP contribution in [0.1, 0.15) is 57.8 Å². The zero-order valence-electron chi connectivity index (χ0n) is 16.5. The monoisotopic (exact) mass is 427 g/mol. The molecule has 0 heterocycles. The molecule has 13 nitrogen and oxygen atoms in total. The number of hydrogen-bond acceptors (Lipinski definition) is 13. The summed E-state index contributed by atoms with van der Waals surface area (Å²) in [5, 5.41) is 32.6. The molecule has 0 amide bonds. The number of nitrogens with two attached hydrogens (primary N) is 1. The fourth-order valence-corrected chi connectivity index (χ4v) is 2.20. The van der Waals surface area contributed by atoms with E-state index >= 15 is 0 Å². The Morgan fingerprint density at radius 3 is 1.55 bits per heavy atom. The van der Waals surface area contributed by atoms with Crippen LogP contribution in [-0.4, -0.2) is 76.0 Å². The van der Waals surface area contributed by atoms with Gasteiger partial charge in [0, 0.05) is 0 Å². The first-order chi connectivity index (χ1) is 13.8. The van der Waals surface area contributed by atoms with Crippen LogP contribution in [0.15, 0.2) is 0 Å². The third-order valence-corrected chi connectivity index (χ3v) is 3.69. The van der Waals surface area contributed by atoms with E-state index in [1.54, 1.807) is 0 Å². The number of ether oxygens (including phenoxy) is 2. The van der Waals surface area contributed by atoms with Gasteiger partial charge in [-0.25, -0.2) is 0 Å². The zero-order chi connectivity index (χ0) is 21.9. The summed E-state index contributed by atoms with van der Waals surface area (Å²) in [5.74, 6) is -1.24. The Balaban J connectivity index is 3.55. The van der Waals surface area contributed by atoms with Crippen molar-refractivity contribution in [3.8, 4) is 0 Å². The van der Waals surface area contributed by atoms with Gasteiger partial charge >= 0.3 is 11.9 Å². The van der Waals surface area contributed by atoms with Gasteiger partial charge in [0.25, 0.3) is 0 Å². The molecule has 0 bridgehead atoms. The average Bonchev–Trinajstić information content (AvgIpc) is 2.65. The van der Waals surface area contributed by atoms with Crippen molar-refractivity contribution in [2.45, 2.75) is 63.8 Å². The molecule has 0 aliphatic rings. The first-order valence-electron chi connectivity index (χ1n) is 9.52. The molecule has 0 aliphatic carbocycles. The van der Waals surface area contributed by atoms with Crippen LogP contribution in [0.4, 0.5) is 0 Å². The Morgan fingerprint density at radius 2 is 1.10 bits per heavy atom.